The summed E-state index contributed by atoms with van der Waals surface area (Å²) in [4.78, 5) is 25.7. The molecule has 0 unspecified atom stereocenters. The van der Waals surface area contributed by atoms with Gasteiger partial charge in [0.2, 0.25) is 5.12 Å². The summed E-state index contributed by atoms with van der Waals surface area (Å²) in [6.45, 7) is 5.97. The standard InChI is InChI=1S/C26H27ClO4S/c1-4-30-25(29)31-23-22(24(28)32-26(23)12-6-5-7-13-26)21-16(2)14-19(15-17(21)3)18-8-10-20(27)11-9-18/h8-11,14-15H,4-7,12-13H2,1-3H3. The third-order valence-electron chi connectivity index (χ3n) is 6.20. The number of aryl methyl sites for hydroxylation is 2. The number of carbonyl (C=O) groups excluding carboxylic acids is 2. The normalized spacial score (nSPS) is 17.7. The number of thioether (sulfide) groups is 1. The van der Waals surface area contributed by atoms with E-state index in [1.54, 1.807) is 6.92 Å². The van der Waals surface area contributed by atoms with E-state index >= 15 is 0 Å². The predicted octanol–water partition coefficient (Wildman–Crippen LogP) is 7.48. The van der Waals surface area contributed by atoms with Gasteiger partial charge in [-0.05, 0) is 73.6 Å². The lowest BCUT2D eigenvalue weighted by Crippen LogP contribution is -2.30. The van der Waals surface area contributed by atoms with E-state index in [4.69, 9.17) is 21.1 Å². The molecule has 1 heterocycles. The predicted molar refractivity (Wildman–Crippen MR) is 130 cm³/mol. The fraction of sp³-hybridized carbons (Fsp3) is 0.385. The van der Waals surface area contributed by atoms with Gasteiger partial charge in [-0.1, -0.05) is 66.9 Å². The molecule has 0 atom stereocenters. The molecule has 32 heavy (non-hydrogen) atoms. The number of rotatable bonds is 4. The van der Waals surface area contributed by atoms with E-state index in [-0.39, 0.29) is 11.7 Å². The zero-order chi connectivity index (χ0) is 22.9. The van der Waals surface area contributed by atoms with Crippen LogP contribution in [0, 0.1) is 13.8 Å². The van der Waals surface area contributed by atoms with E-state index in [0.29, 0.717) is 16.4 Å². The van der Waals surface area contributed by atoms with E-state index in [1.165, 1.54) is 11.8 Å². The first-order valence-corrected chi connectivity index (χ1v) is 12.2. The molecular formula is C26H27ClO4S. The topological polar surface area (TPSA) is 52.6 Å². The Balaban J connectivity index is 1.84. The Labute approximate surface area is 198 Å². The maximum Gasteiger partial charge on any atom is 0.513 e. The van der Waals surface area contributed by atoms with Gasteiger partial charge in [-0.15, -0.1) is 0 Å². The lowest BCUT2D eigenvalue weighted by molar-refractivity contribution is -0.106. The van der Waals surface area contributed by atoms with E-state index in [0.717, 1.165) is 59.9 Å². The highest BCUT2D eigenvalue weighted by Crippen LogP contribution is 2.55. The quantitative estimate of drug-likeness (QED) is 0.433. The minimum atomic E-state index is -0.742. The van der Waals surface area contributed by atoms with Crippen LogP contribution in [0.4, 0.5) is 4.79 Å². The summed E-state index contributed by atoms with van der Waals surface area (Å²) >= 11 is 7.36. The molecule has 4 rings (SSSR count). The van der Waals surface area contributed by atoms with Crippen molar-refractivity contribution in [3.63, 3.8) is 0 Å². The van der Waals surface area contributed by atoms with Crippen LogP contribution >= 0.6 is 23.4 Å². The summed E-state index contributed by atoms with van der Waals surface area (Å²) in [5, 5.41) is 0.660. The third-order valence-corrected chi connectivity index (χ3v) is 7.83. The maximum atomic E-state index is 13.4. The minimum Gasteiger partial charge on any atom is -0.434 e. The first-order chi connectivity index (χ1) is 15.3. The zero-order valence-electron chi connectivity index (χ0n) is 18.6. The largest absolute Gasteiger partial charge is 0.513 e. The summed E-state index contributed by atoms with van der Waals surface area (Å²) in [5.41, 5.74) is 5.41. The van der Waals surface area contributed by atoms with Gasteiger partial charge in [0.05, 0.1) is 16.9 Å². The molecule has 0 aromatic heterocycles. The van der Waals surface area contributed by atoms with Crippen LogP contribution in [-0.2, 0) is 14.3 Å². The molecule has 0 radical (unpaired) electrons. The fourth-order valence-corrected chi connectivity index (χ4v) is 6.31. The van der Waals surface area contributed by atoms with Crippen molar-refractivity contribution in [1.29, 1.82) is 0 Å². The van der Waals surface area contributed by atoms with Crippen molar-refractivity contribution >= 4 is 40.2 Å². The first kappa shape index (κ1) is 22.9. The van der Waals surface area contributed by atoms with E-state index in [1.807, 2.05) is 38.1 Å². The van der Waals surface area contributed by atoms with Crippen LogP contribution in [0.25, 0.3) is 16.7 Å². The fourth-order valence-electron chi connectivity index (χ4n) is 4.80. The lowest BCUT2D eigenvalue weighted by atomic mass is 9.83. The monoisotopic (exact) mass is 470 g/mol. The van der Waals surface area contributed by atoms with Crippen LogP contribution in [0.5, 0.6) is 0 Å². The van der Waals surface area contributed by atoms with Gasteiger partial charge < -0.3 is 9.47 Å². The Morgan fingerprint density at radius 2 is 1.66 bits per heavy atom. The summed E-state index contributed by atoms with van der Waals surface area (Å²) in [6.07, 6.45) is 4.05. The minimum absolute atomic E-state index is 0.0309. The Kier molecular flexibility index (Phi) is 6.68. The molecular weight excluding hydrogens is 444 g/mol. The van der Waals surface area contributed by atoms with Crippen LogP contribution in [0.1, 0.15) is 55.7 Å². The van der Waals surface area contributed by atoms with Gasteiger partial charge in [-0.25, -0.2) is 4.79 Å². The number of carbonyl (C=O) groups is 2. The van der Waals surface area contributed by atoms with Crippen molar-refractivity contribution in [2.75, 3.05) is 6.61 Å². The van der Waals surface area contributed by atoms with Crippen molar-refractivity contribution < 1.29 is 19.1 Å². The van der Waals surface area contributed by atoms with Crippen molar-refractivity contribution in [2.45, 2.75) is 57.6 Å². The second kappa shape index (κ2) is 9.32. The van der Waals surface area contributed by atoms with E-state index in [9.17, 15) is 9.59 Å². The van der Waals surface area contributed by atoms with Crippen LogP contribution in [0.15, 0.2) is 42.2 Å². The van der Waals surface area contributed by atoms with Crippen molar-refractivity contribution in [2.24, 2.45) is 0 Å². The summed E-state index contributed by atoms with van der Waals surface area (Å²) < 4.78 is 10.4. The van der Waals surface area contributed by atoms with Gasteiger partial charge >= 0.3 is 6.16 Å². The van der Waals surface area contributed by atoms with Gasteiger partial charge in [-0.3, -0.25) is 4.79 Å². The molecule has 0 saturated heterocycles. The van der Waals surface area contributed by atoms with Crippen molar-refractivity contribution in [3.8, 4) is 11.1 Å². The Morgan fingerprint density at radius 3 is 2.25 bits per heavy atom. The van der Waals surface area contributed by atoms with Crippen molar-refractivity contribution in [3.05, 3.63) is 63.9 Å². The molecule has 1 aliphatic carbocycles. The average molecular weight is 471 g/mol. The molecule has 1 saturated carbocycles. The Hall–Kier alpha value is -2.24. The van der Waals surface area contributed by atoms with Gasteiger partial charge in [0, 0.05) is 5.02 Å². The first-order valence-electron chi connectivity index (χ1n) is 11.0. The third kappa shape index (κ3) is 4.33. The molecule has 2 aromatic rings. The van der Waals surface area contributed by atoms with E-state index < -0.39 is 10.9 Å². The van der Waals surface area contributed by atoms with Gasteiger partial charge in [0.15, 0.2) is 0 Å². The highest BCUT2D eigenvalue weighted by Gasteiger charge is 2.50. The molecule has 1 fully saturated rings. The molecule has 4 nitrogen and oxygen atoms in total. The average Bonchev–Trinajstić information content (AvgIpc) is 2.99. The Morgan fingerprint density at radius 1 is 1.03 bits per heavy atom. The number of hydrogen-bond donors (Lipinski definition) is 0. The van der Waals surface area contributed by atoms with Gasteiger partial charge in [-0.2, -0.15) is 0 Å². The number of hydrogen-bond acceptors (Lipinski definition) is 5. The maximum absolute atomic E-state index is 13.4. The highest BCUT2D eigenvalue weighted by molar-refractivity contribution is 8.16. The number of ether oxygens (including phenoxy) is 2. The van der Waals surface area contributed by atoms with Crippen LogP contribution < -0.4 is 0 Å². The number of halogens is 1. The molecule has 0 bridgehead atoms. The summed E-state index contributed by atoms with van der Waals surface area (Å²) in [6, 6.07) is 11.9. The molecule has 0 N–H and O–H groups in total. The van der Waals surface area contributed by atoms with Crippen LogP contribution in [-0.4, -0.2) is 22.6 Å². The van der Waals surface area contributed by atoms with Crippen molar-refractivity contribution in [1.82, 2.24) is 0 Å². The van der Waals surface area contributed by atoms with E-state index in [2.05, 4.69) is 12.1 Å². The second-order valence-electron chi connectivity index (χ2n) is 8.43. The molecule has 1 spiro atoms. The van der Waals surface area contributed by atoms with Crippen LogP contribution in [0.3, 0.4) is 0 Å². The summed E-state index contributed by atoms with van der Waals surface area (Å²) in [5.74, 6) is 0.482. The summed E-state index contributed by atoms with van der Waals surface area (Å²) in [7, 11) is 0. The lowest BCUT2D eigenvalue weighted by Gasteiger charge is -2.33. The van der Waals surface area contributed by atoms with Gasteiger partial charge in [0.25, 0.3) is 0 Å². The molecule has 6 heteroatoms. The number of benzene rings is 2. The zero-order valence-corrected chi connectivity index (χ0v) is 20.2. The second-order valence-corrected chi connectivity index (χ2v) is 10.2. The van der Waals surface area contributed by atoms with Gasteiger partial charge in [0.1, 0.15) is 5.76 Å². The molecule has 1 aliphatic heterocycles. The molecule has 2 aliphatic rings. The Bertz CT molecular complexity index is 1060. The molecule has 168 valence electrons. The van der Waals surface area contributed by atoms with Crippen LogP contribution in [0.2, 0.25) is 5.02 Å². The molecule has 2 aromatic carbocycles. The SMILES string of the molecule is CCOC(=O)OC1=C(c2c(C)cc(-c3ccc(Cl)cc3)cc2C)C(=O)SC12CCCCC2. The highest BCUT2D eigenvalue weighted by atomic mass is 35.5. The smallest absolute Gasteiger partial charge is 0.434 e. The molecule has 0 amide bonds.